The van der Waals surface area contributed by atoms with Gasteiger partial charge in [0.25, 0.3) is 0 Å². The Bertz CT molecular complexity index is 385. The van der Waals surface area contributed by atoms with Crippen molar-refractivity contribution in [3.63, 3.8) is 0 Å². The number of methoxy groups -OCH3 is 1. The maximum absolute atomic E-state index is 12.0. The first-order valence-electron chi connectivity index (χ1n) is 8.04. The lowest BCUT2D eigenvalue weighted by Gasteiger charge is -2.15. The second-order valence-corrected chi connectivity index (χ2v) is 5.24. The molecule has 1 saturated heterocycles. The number of esters is 1. The van der Waals surface area contributed by atoms with Gasteiger partial charge >= 0.3 is 5.97 Å². The van der Waals surface area contributed by atoms with Crippen molar-refractivity contribution in [1.29, 1.82) is 0 Å². The number of likely N-dealkylation sites (tertiary alicyclic amines) is 1. The molecule has 7 nitrogen and oxygen atoms in total. The number of guanidine groups is 1. The fourth-order valence-electron chi connectivity index (χ4n) is 2.26. The van der Waals surface area contributed by atoms with Gasteiger partial charge in [-0.15, -0.1) is 24.0 Å². The lowest BCUT2D eigenvalue weighted by molar-refractivity contribution is -0.140. The number of ether oxygens (including phenoxy) is 1. The Kier molecular flexibility index (Phi) is 12.8. The molecule has 8 heteroatoms. The summed E-state index contributed by atoms with van der Waals surface area (Å²) < 4.78 is 4.59. The number of aliphatic imine (C=N–C) groups is 1. The molecule has 0 aromatic carbocycles. The molecule has 0 radical (unpaired) electrons. The smallest absolute Gasteiger partial charge is 0.305 e. The van der Waals surface area contributed by atoms with Gasteiger partial charge in [0.15, 0.2) is 5.96 Å². The Balaban J connectivity index is 0.00000484. The molecule has 0 spiro atoms. The van der Waals surface area contributed by atoms with Crippen LogP contribution < -0.4 is 10.6 Å². The van der Waals surface area contributed by atoms with Crippen LogP contribution in [0.4, 0.5) is 0 Å². The van der Waals surface area contributed by atoms with E-state index < -0.39 is 0 Å². The monoisotopic (exact) mass is 440 g/mol. The van der Waals surface area contributed by atoms with E-state index in [1.54, 1.807) is 0 Å². The van der Waals surface area contributed by atoms with Crippen LogP contribution in [0.5, 0.6) is 0 Å². The van der Waals surface area contributed by atoms with Crippen LogP contribution in [0.2, 0.25) is 0 Å². The number of amides is 1. The summed E-state index contributed by atoms with van der Waals surface area (Å²) in [4.78, 5) is 29.1. The van der Waals surface area contributed by atoms with E-state index in [0.717, 1.165) is 45.3 Å². The highest BCUT2D eigenvalue weighted by molar-refractivity contribution is 14.0. The van der Waals surface area contributed by atoms with E-state index in [0.29, 0.717) is 18.9 Å². The van der Waals surface area contributed by atoms with Crippen LogP contribution in [0.15, 0.2) is 4.99 Å². The summed E-state index contributed by atoms with van der Waals surface area (Å²) in [5.41, 5.74) is 0. The van der Waals surface area contributed by atoms with E-state index >= 15 is 0 Å². The first-order valence-corrected chi connectivity index (χ1v) is 8.04. The van der Waals surface area contributed by atoms with Crippen molar-refractivity contribution in [1.82, 2.24) is 15.5 Å². The largest absolute Gasteiger partial charge is 0.469 e. The first kappa shape index (κ1) is 21.9. The maximum Gasteiger partial charge on any atom is 0.305 e. The molecule has 0 aromatic rings. The van der Waals surface area contributed by atoms with Gasteiger partial charge in [-0.2, -0.15) is 0 Å². The molecular formula is C15H29IN4O3. The summed E-state index contributed by atoms with van der Waals surface area (Å²) in [5.74, 6) is 0.547. The number of nitrogens with one attached hydrogen (secondary N) is 2. The zero-order chi connectivity index (χ0) is 16.2. The highest BCUT2D eigenvalue weighted by Crippen LogP contribution is 2.07. The Morgan fingerprint density at radius 2 is 1.87 bits per heavy atom. The molecule has 1 aliphatic heterocycles. The molecule has 0 aromatic heterocycles. The average Bonchev–Trinajstić information content (AvgIpc) is 3.06. The minimum Gasteiger partial charge on any atom is -0.469 e. The molecule has 2 N–H and O–H groups in total. The number of hydrogen-bond acceptors (Lipinski definition) is 4. The van der Waals surface area contributed by atoms with Crippen molar-refractivity contribution in [3.8, 4) is 0 Å². The Morgan fingerprint density at radius 3 is 2.48 bits per heavy atom. The summed E-state index contributed by atoms with van der Waals surface area (Å²) in [6.45, 7) is 5.32. The van der Waals surface area contributed by atoms with E-state index in [4.69, 9.17) is 0 Å². The zero-order valence-corrected chi connectivity index (χ0v) is 16.4. The van der Waals surface area contributed by atoms with Gasteiger partial charge in [0.05, 0.1) is 7.11 Å². The van der Waals surface area contributed by atoms with Crippen molar-refractivity contribution < 1.29 is 14.3 Å². The zero-order valence-electron chi connectivity index (χ0n) is 14.1. The molecule has 1 heterocycles. The predicted octanol–water partition coefficient (Wildman–Crippen LogP) is 1.13. The van der Waals surface area contributed by atoms with Crippen LogP contribution in [0, 0.1) is 0 Å². The van der Waals surface area contributed by atoms with E-state index in [-0.39, 0.29) is 42.4 Å². The van der Waals surface area contributed by atoms with Crippen LogP contribution >= 0.6 is 24.0 Å². The summed E-state index contributed by atoms with van der Waals surface area (Å²) in [5, 5.41) is 6.29. The van der Waals surface area contributed by atoms with Gasteiger partial charge in [0.1, 0.15) is 6.54 Å². The Morgan fingerprint density at radius 1 is 1.17 bits per heavy atom. The Hall–Kier alpha value is -1.06. The molecule has 134 valence electrons. The molecule has 23 heavy (non-hydrogen) atoms. The van der Waals surface area contributed by atoms with E-state index in [9.17, 15) is 9.59 Å². The van der Waals surface area contributed by atoms with Crippen molar-refractivity contribution in [3.05, 3.63) is 0 Å². The van der Waals surface area contributed by atoms with E-state index in [1.807, 2.05) is 11.8 Å². The standard InChI is InChI=1S/C15H28N4O3.HI/c1-3-16-15(17-9-5-4-8-14(21)22-2)18-12-13(20)19-10-6-7-11-19;/h3-12H2,1-2H3,(H2,16,17,18);1H. The van der Waals surface area contributed by atoms with Gasteiger partial charge < -0.3 is 20.3 Å². The van der Waals surface area contributed by atoms with Crippen molar-refractivity contribution in [2.24, 2.45) is 4.99 Å². The van der Waals surface area contributed by atoms with Crippen LogP contribution in [-0.2, 0) is 14.3 Å². The minimum atomic E-state index is -0.184. The predicted molar refractivity (Wildman–Crippen MR) is 101 cm³/mol. The summed E-state index contributed by atoms with van der Waals surface area (Å²) >= 11 is 0. The van der Waals surface area contributed by atoms with E-state index in [2.05, 4.69) is 20.4 Å². The third-order valence-electron chi connectivity index (χ3n) is 3.50. The van der Waals surface area contributed by atoms with Gasteiger partial charge in [-0.3, -0.25) is 9.59 Å². The molecule has 0 bridgehead atoms. The third-order valence-corrected chi connectivity index (χ3v) is 3.50. The number of unbranched alkanes of at least 4 members (excludes halogenated alkanes) is 1. The maximum atomic E-state index is 12.0. The van der Waals surface area contributed by atoms with Gasteiger partial charge in [0.2, 0.25) is 5.91 Å². The van der Waals surface area contributed by atoms with Gasteiger partial charge in [-0.05, 0) is 32.6 Å². The number of carbonyl (C=O) groups excluding carboxylic acids is 2. The molecule has 1 amide bonds. The molecule has 1 fully saturated rings. The quantitative estimate of drug-likeness (QED) is 0.194. The fourth-order valence-corrected chi connectivity index (χ4v) is 2.26. The summed E-state index contributed by atoms with van der Waals surface area (Å²) in [6, 6.07) is 0. The highest BCUT2D eigenvalue weighted by atomic mass is 127. The molecule has 0 atom stereocenters. The SMILES string of the molecule is CCNC(=NCC(=O)N1CCCC1)NCCCCC(=O)OC.I. The van der Waals surface area contributed by atoms with Gasteiger partial charge in [-0.1, -0.05) is 0 Å². The number of hydrogen-bond donors (Lipinski definition) is 2. The average molecular weight is 440 g/mol. The Labute approximate surface area is 155 Å². The van der Waals surface area contributed by atoms with Gasteiger partial charge in [0, 0.05) is 32.6 Å². The first-order chi connectivity index (χ1) is 10.7. The highest BCUT2D eigenvalue weighted by Gasteiger charge is 2.17. The minimum absolute atomic E-state index is 0. The summed E-state index contributed by atoms with van der Waals surface area (Å²) in [6.07, 6.45) is 4.23. The van der Waals surface area contributed by atoms with Crippen LogP contribution in [0.3, 0.4) is 0 Å². The number of rotatable bonds is 8. The summed E-state index contributed by atoms with van der Waals surface area (Å²) in [7, 11) is 1.40. The molecule has 0 saturated carbocycles. The third kappa shape index (κ3) is 9.62. The van der Waals surface area contributed by atoms with Crippen LogP contribution in [0.25, 0.3) is 0 Å². The molecule has 1 rings (SSSR count). The molecule has 0 aliphatic carbocycles. The number of halogens is 1. The van der Waals surface area contributed by atoms with Crippen molar-refractivity contribution in [2.45, 2.75) is 39.0 Å². The van der Waals surface area contributed by atoms with Crippen molar-refractivity contribution >= 4 is 41.8 Å². The normalized spacial score (nSPS) is 14.2. The van der Waals surface area contributed by atoms with Gasteiger partial charge in [-0.25, -0.2) is 4.99 Å². The molecule has 1 aliphatic rings. The topological polar surface area (TPSA) is 83.0 Å². The second kappa shape index (κ2) is 13.4. The number of nitrogens with zero attached hydrogens (tertiary/aromatic N) is 2. The number of carbonyl (C=O) groups is 2. The molecular weight excluding hydrogens is 411 g/mol. The second-order valence-electron chi connectivity index (χ2n) is 5.24. The van der Waals surface area contributed by atoms with Crippen molar-refractivity contribution in [2.75, 3.05) is 39.8 Å². The van der Waals surface area contributed by atoms with Crippen LogP contribution in [-0.4, -0.2) is 62.6 Å². The fraction of sp³-hybridized carbons (Fsp3) is 0.800. The lowest BCUT2D eigenvalue weighted by Crippen LogP contribution is -2.39. The van der Waals surface area contributed by atoms with E-state index in [1.165, 1.54) is 7.11 Å². The molecule has 0 unspecified atom stereocenters. The lowest BCUT2D eigenvalue weighted by atomic mass is 10.2. The van der Waals surface area contributed by atoms with Crippen LogP contribution in [0.1, 0.15) is 39.0 Å².